The van der Waals surface area contributed by atoms with Gasteiger partial charge in [-0.3, -0.25) is 0 Å². The summed E-state index contributed by atoms with van der Waals surface area (Å²) in [5.41, 5.74) is 0. The van der Waals surface area contributed by atoms with Crippen LogP contribution in [0.4, 0.5) is 0 Å². The van der Waals surface area contributed by atoms with Gasteiger partial charge in [-0.05, 0) is 0 Å². The van der Waals surface area contributed by atoms with Gasteiger partial charge in [0.2, 0.25) is 0 Å². The molecule has 0 amide bonds. The average molecular weight is 85.2 g/mol. The Hall–Kier alpha value is 0.217. The van der Waals surface area contributed by atoms with E-state index >= 15 is 0 Å². The van der Waals surface area contributed by atoms with E-state index in [0.29, 0.717) is 8.80 Å². The summed E-state index contributed by atoms with van der Waals surface area (Å²) in [6.45, 7) is 2.41. The second kappa shape index (κ2) is 1.13. The van der Waals surface area contributed by atoms with Crippen LogP contribution in [0.15, 0.2) is 0 Å². The van der Waals surface area contributed by atoms with Gasteiger partial charge in [0.05, 0.1) is 0 Å². The van der Waals surface area contributed by atoms with Gasteiger partial charge in [-0.1, -0.05) is 25.1 Å². The molecule has 1 heterocycles. The zero-order valence-electron chi connectivity index (χ0n) is 3.62. The second-order valence-electron chi connectivity index (χ2n) is 1.81. The monoisotopic (exact) mass is 85.0 g/mol. The Morgan fingerprint density at radius 3 is 1.80 bits per heavy atom. The van der Waals surface area contributed by atoms with E-state index in [1.54, 1.807) is 12.1 Å². The summed E-state index contributed by atoms with van der Waals surface area (Å²) in [4.78, 5) is 0. The minimum absolute atomic E-state index is 0.307. The molecule has 1 saturated heterocycles. The smallest absolute Gasteiger partial charge is 0.0445 e. The van der Waals surface area contributed by atoms with Crippen LogP contribution >= 0.6 is 0 Å². The third kappa shape index (κ3) is 0.536. The van der Waals surface area contributed by atoms with E-state index in [-0.39, 0.29) is 0 Å². The highest BCUT2D eigenvalue weighted by Gasteiger charge is 2.11. The molecule has 29 valence electrons. The molecule has 0 N–H and O–H groups in total. The Morgan fingerprint density at radius 2 is 1.80 bits per heavy atom. The first-order valence-electron chi connectivity index (χ1n) is 2.21. The van der Waals surface area contributed by atoms with Gasteiger partial charge >= 0.3 is 0 Å². The predicted octanol–water partition coefficient (Wildman–Crippen LogP) is 1.51. The summed E-state index contributed by atoms with van der Waals surface area (Å²) in [6.07, 6.45) is 1.53. The van der Waals surface area contributed by atoms with Crippen molar-refractivity contribution in [1.29, 1.82) is 0 Å². The van der Waals surface area contributed by atoms with E-state index < -0.39 is 0 Å². The van der Waals surface area contributed by atoms with Crippen LogP contribution in [-0.2, 0) is 0 Å². The highest BCUT2D eigenvalue weighted by Crippen LogP contribution is 2.18. The van der Waals surface area contributed by atoms with E-state index in [2.05, 4.69) is 6.55 Å². The Kier molecular flexibility index (Phi) is 0.770. The van der Waals surface area contributed by atoms with Crippen molar-refractivity contribution in [3.63, 3.8) is 0 Å². The van der Waals surface area contributed by atoms with Crippen molar-refractivity contribution in [2.45, 2.75) is 25.1 Å². The van der Waals surface area contributed by atoms with Crippen molar-refractivity contribution in [3.05, 3.63) is 0 Å². The Balaban J connectivity index is 2.08. The van der Waals surface area contributed by atoms with Crippen molar-refractivity contribution < 1.29 is 0 Å². The standard InChI is InChI=1S/C4H9Si/c1-5-3-2-4-5/h2-4H2,1H3. The van der Waals surface area contributed by atoms with Crippen molar-refractivity contribution in [2.24, 2.45) is 0 Å². The maximum atomic E-state index is 2.41. The molecule has 0 atom stereocenters. The molecule has 1 rings (SSSR count). The first-order valence-corrected chi connectivity index (χ1v) is 4.62. The SMILES string of the molecule is C[Si]1CCC1. The maximum absolute atomic E-state index is 2.41. The largest absolute Gasteiger partial charge is 0.0711 e. The van der Waals surface area contributed by atoms with Crippen LogP contribution in [0.25, 0.3) is 0 Å². The highest BCUT2D eigenvalue weighted by atomic mass is 28.3. The summed E-state index contributed by atoms with van der Waals surface area (Å²) in [5.74, 6) is 0. The topological polar surface area (TPSA) is 0 Å². The minimum Gasteiger partial charge on any atom is -0.0711 e. The third-order valence-corrected chi connectivity index (χ3v) is 3.62. The number of hydrogen-bond acceptors (Lipinski definition) is 0. The number of hydrogen-bond donors (Lipinski definition) is 0. The van der Waals surface area contributed by atoms with E-state index in [0.717, 1.165) is 0 Å². The van der Waals surface area contributed by atoms with Crippen molar-refractivity contribution in [3.8, 4) is 0 Å². The highest BCUT2D eigenvalue weighted by molar-refractivity contribution is 6.60. The van der Waals surface area contributed by atoms with Gasteiger partial charge in [0.1, 0.15) is 0 Å². The van der Waals surface area contributed by atoms with Gasteiger partial charge in [0.25, 0.3) is 0 Å². The summed E-state index contributed by atoms with van der Waals surface area (Å²) in [7, 11) is 0.307. The summed E-state index contributed by atoms with van der Waals surface area (Å²) >= 11 is 0. The molecule has 0 aromatic heterocycles. The second-order valence-corrected chi connectivity index (χ2v) is 4.72. The Morgan fingerprint density at radius 1 is 1.40 bits per heavy atom. The maximum Gasteiger partial charge on any atom is 0.0445 e. The quantitative estimate of drug-likeness (QED) is 0.391. The molecule has 0 nitrogen and oxygen atoms in total. The van der Waals surface area contributed by atoms with Crippen LogP contribution in [0.1, 0.15) is 6.42 Å². The zero-order valence-corrected chi connectivity index (χ0v) is 4.62. The molecule has 1 fully saturated rings. The molecule has 1 aliphatic rings. The summed E-state index contributed by atoms with van der Waals surface area (Å²) < 4.78 is 0. The zero-order chi connectivity index (χ0) is 3.70. The molecule has 1 heteroatoms. The molecule has 0 aromatic rings. The first kappa shape index (κ1) is 3.41. The van der Waals surface area contributed by atoms with Gasteiger partial charge in [-0.15, -0.1) is 0 Å². The van der Waals surface area contributed by atoms with Gasteiger partial charge in [0.15, 0.2) is 0 Å². The fraction of sp³-hybridized carbons (Fsp3) is 1.00. The molecule has 1 aliphatic heterocycles. The lowest BCUT2D eigenvalue weighted by Crippen LogP contribution is -2.15. The molecular weight excluding hydrogens is 76.1 g/mol. The Bertz CT molecular complexity index is 30.6. The predicted molar refractivity (Wildman–Crippen MR) is 25.8 cm³/mol. The Labute approximate surface area is 34.8 Å². The van der Waals surface area contributed by atoms with Crippen molar-refractivity contribution in [1.82, 2.24) is 0 Å². The number of rotatable bonds is 0. The lowest BCUT2D eigenvalue weighted by atomic mass is 10.5. The fourth-order valence-corrected chi connectivity index (χ4v) is 1.59. The molecule has 0 spiro atoms. The van der Waals surface area contributed by atoms with Crippen LogP contribution in [0.3, 0.4) is 0 Å². The normalized spacial score (nSPS) is 25.8. The van der Waals surface area contributed by atoms with Crippen LogP contribution in [0.5, 0.6) is 0 Å². The molecular formula is C4H9Si. The molecule has 0 unspecified atom stereocenters. The van der Waals surface area contributed by atoms with Gasteiger partial charge in [0, 0.05) is 8.80 Å². The van der Waals surface area contributed by atoms with Crippen LogP contribution in [-0.4, -0.2) is 8.80 Å². The minimum atomic E-state index is 0.307. The summed E-state index contributed by atoms with van der Waals surface area (Å²) in [5, 5.41) is 0. The van der Waals surface area contributed by atoms with Crippen LogP contribution in [0.2, 0.25) is 18.6 Å². The molecule has 0 aromatic carbocycles. The van der Waals surface area contributed by atoms with Crippen LogP contribution in [0, 0.1) is 0 Å². The molecule has 5 heavy (non-hydrogen) atoms. The van der Waals surface area contributed by atoms with E-state index in [4.69, 9.17) is 0 Å². The molecule has 0 saturated carbocycles. The lowest BCUT2D eigenvalue weighted by Gasteiger charge is -2.16. The molecule has 0 bridgehead atoms. The molecule has 1 radical (unpaired) electrons. The van der Waals surface area contributed by atoms with E-state index in [1.807, 2.05) is 0 Å². The van der Waals surface area contributed by atoms with Gasteiger partial charge < -0.3 is 0 Å². The van der Waals surface area contributed by atoms with Crippen molar-refractivity contribution in [2.75, 3.05) is 0 Å². The van der Waals surface area contributed by atoms with E-state index in [9.17, 15) is 0 Å². The average Bonchev–Trinajstić information content (AvgIpc) is 1.30. The van der Waals surface area contributed by atoms with Gasteiger partial charge in [-0.2, -0.15) is 0 Å². The first-order chi connectivity index (χ1) is 2.39. The molecule has 0 aliphatic carbocycles. The van der Waals surface area contributed by atoms with Crippen molar-refractivity contribution >= 4 is 8.80 Å². The summed E-state index contributed by atoms with van der Waals surface area (Å²) in [6, 6.07) is 3.18. The van der Waals surface area contributed by atoms with Gasteiger partial charge in [-0.25, -0.2) is 0 Å². The lowest BCUT2D eigenvalue weighted by molar-refractivity contribution is 0.942. The third-order valence-electron chi connectivity index (χ3n) is 1.21. The fourth-order valence-electron chi connectivity index (χ4n) is 0.530. The van der Waals surface area contributed by atoms with Crippen LogP contribution < -0.4 is 0 Å². The van der Waals surface area contributed by atoms with E-state index in [1.165, 1.54) is 6.42 Å².